The molecule has 118 valence electrons. The van der Waals surface area contributed by atoms with E-state index >= 15 is 0 Å². The van der Waals surface area contributed by atoms with Gasteiger partial charge in [-0.2, -0.15) is 4.68 Å². The van der Waals surface area contributed by atoms with Gasteiger partial charge in [0.15, 0.2) is 5.82 Å². The molecule has 0 N–H and O–H groups in total. The fourth-order valence-electron chi connectivity index (χ4n) is 1.87. The SMILES string of the molecule is [3H]c1ccc(OCc2c(Br)nnnc2-n2nnn(C)c2=O)c(C)c1. The van der Waals surface area contributed by atoms with E-state index < -0.39 is 5.69 Å². The van der Waals surface area contributed by atoms with Gasteiger partial charge in [0, 0.05) is 7.05 Å². The van der Waals surface area contributed by atoms with Crippen LogP contribution in [0.25, 0.3) is 5.82 Å². The maximum atomic E-state index is 12.0. The summed E-state index contributed by atoms with van der Waals surface area (Å²) in [5.74, 6) is 0.803. The van der Waals surface area contributed by atoms with Crippen molar-refractivity contribution in [3.63, 3.8) is 0 Å². The fraction of sp³-hybridized carbons (Fsp3) is 0.231. The molecule has 0 saturated carbocycles. The molecule has 23 heavy (non-hydrogen) atoms. The van der Waals surface area contributed by atoms with Crippen LogP contribution in [0.15, 0.2) is 33.6 Å². The quantitative estimate of drug-likeness (QED) is 0.660. The molecule has 0 aliphatic carbocycles. The van der Waals surface area contributed by atoms with Gasteiger partial charge in [0.05, 0.1) is 6.93 Å². The predicted octanol–water partition coefficient (Wildman–Crippen LogP) is 0.801. The number of rotatable bonds is 4. The molecule has 0 amide bonds. The maximum Gasteiger partial charge on any atom is 0.369 e. The van der Waals surface area contributed by atoms with Crippen LogP contribution in [-0.4, -0.2) is 35.2 Å². The van der Waals surface area contributed by atoms with E-state index in [1.165, 1.54) is 7.05 Å². The van der Waals surface area contributed by atoms with Crippen LogP contribution in [0, 0.1) is 6.92 Å². The zero-order chi connectivity index (χ0) is 17.3. The minimum absolute atomic E-state index is 0.0830. The highest BCUT2D eigenvalue weighted by atomic mass is 79.9. The van der Waals surface area contributed by atoms with E-state index in [9.17, 15) is 4.79 Å². The van der Waals surface area contributed by atoms with Gasteiger partial charge in [0.1, 0.15) is 17.0 Å². The van der Waals surface area contributed by atoms with Crippen molar-refractivity contribution in [1.82, 2.24) is 35.2 Å². The third-order valence-electron chi connectivity index (χ3n) is 3.10. The fourth-order valence-corrected chi connectivity index (χ4v) is 2.23. The Balaban J connectivity index is 1.96. The van der Waals surface area contributed by atoms with Gasteiger partial charge < -0.3 is 4.74 Å². The monoisotopic (exact) mass is 379 g/mol. The number of para-hydroxylation sites is 1. The Hall–Kier alpha value is -2.62. The van der Waals surface area contributed by atoms with Crippen LogP contribution in [0.5, 0.6) is 5.75 Å². The summed E-state index contributed by atoms with van der Waals surface area (Å²) < 4.78 is 15.9. The Bertz CT molecular complexity index is 956. The number of aryl methyl sites for hydroxylation is 2. The van der Waals surface area contributed by atoms with Gasteiger partial charge in [-0.3, -0.25) is 0 Å². The number of tetrazole rings is 1. The highest BCUT2D eigenvalue weighted by molar-refractivity contribution is 9.10. The first-order valence-corrected chi connectivity index (χ1v) is 7.34. The van der Waals surface area contributed by atoms with Gasteiger partial charge in [-0.1, -0.05) is 18.2 Å². The summed E-state index contributed by atoms with van der Waals surface area (Å²) in [4.78, 5) is 12.0. The number of halogens is 1. The maximum absolute atomic E-state index is 12.0. The first-order chi connectivity index (χ1) is 11.5. The van der Waals surface area contributed by atoms with Crippen LogP contribution in [-0.2, 0) is 13.7 Å². The second-order valence-electron chi connectivity index (χ2n) is 4.66. The molecule has 2 aromatic heterocycles. The summed E-state index contributed by atoms with van der Waals surface area (Å²) in [5.41, 5.74) is 0.868. The number of ether oxygens (including phenoxy) is 1. The van der Waals surface area contributed by atoms with Crippen LogP contribution >= 0.6 is 15.9 Å². The van der Waals surface area contributed by atoms with Gasteiger partial charge in [0.2, 0.25) is 0 Å². The summed E-state index contributed by atoms with van der Waals surface area (Å²) >= 11 is 3.29. The Labute approximate surface area is 140 Å². The van der Waals surface area contributed by atoms with E-state index in [-0.39, 0.29) is 12.4 Å². The molecule has 0 spiro atoms. The Morgan fingerprint density at radius 3 is 2.87 bits per heavy atom. The molecule has 10 heteroatoms. The molecule has 9 nitrogen and oxygen atoms in total. The molecule has 3 aromatic rings. The Kier molecular flexibility index (Phi) is 3.80. The van der Waals surface area contributed by atoms with E-state index in [0.29, 0.717) is 22.0 Å². The highest BCUT2D eigenvalue weighted by Gasteiger charge is 2.18. The van der Waals surface area contributed by atoms with Crippen molar-refractivity contribution >= 4 is 15.9 Å². The lowest BCUT2D eigenvalue weighted by Gasteiger charge is -2.11. The Morgan fingerprint density at radius 2 is 2.17 bits per heavy atom. The van der Waals surface area contributed by atoms with Crippen molar-refractivity contribution in [2.45, 2.75) is 13.5 Å². The number of hydrogen-bond acceptors (Lipinski definition) is 7. The van der Waals surface area contributed by atoms with Gasteiger partial charge in [-0.25, -0.2) is 4.79 Å². The van der Waals surface area contributed by atoms with Crippen molar-refractivity contribution < 1.29 is 6.11 Å². The normalized spacial score (nSPS) is 11.3. The predicted molar refractivity (Wildman–Crippen MR) is 83.2 cm³/mol. The van der Waals surface area contributed by atoms with Crippen molar-refractivity contribution in [2.24, 2.45) is 7.05 Å². The first kappa shape index (κ1) is 14.0. The number of hydrogen-bond donors (Lipinski definition) is 0. The first-order valence-electron chi connectivity index (χ1n) is 7.04. The van der Waals surface area contributed by atoms with E-state index in [4.69, 9.17) is 6.11 Å². The van der Waals surface area contributed by atoms with Crippen molar-refractivity contribution in [2.75, 3.05) is 0 Å². The van der Waals surface area contributed by atoms with Crippen LogP contribution in [0.2, 0.25) is 0 Å². The molecular weight excluding hydrogens is 366 g/mol. The molecule has 0 saturated heterocycles. The zero-order valence-corrected chi connectivity index (χ0v) is 13.9. The highest BCUT2D eigenvalue weighted by Crippen LogP contribution is 2.22. The summed E-state index contributed by atoms with van der Waals surface area (Å²) in [7, 11) is 1.48. The molecule has 0 bridgehead atoms. The van der Waals surface area contributed by atoms with Crippen molar-refractivity contribution in [3.05, 3.63) is 50.5 Å². The molecule has 2 heterocycles. The molecule has 0 aliphatic rings. The molecule has 3 rings (SSSR count). The lowest BCUT2D eigenvalue weighted by atomic mass is 10.2. The standard InChI is InChI=1S/C13H12BrN7O2/c1-8-5-3-4-6-10(8)23-7-9-11(14)15-17-16-12(9)21-13(22)20(2)18-19-21/h3-6H,7H2,1-2H3/i3T. The van der Waals surface area contributed by atoms with Gasteiger partial charge >= 0.3 is 5.69 Å². The lowest BCUT2D eigenvalue weighted by Crippen LogP contribution is -2.24. The smallest absolute Gasteiger partial charge is 0.369 e. The second-order valence-corrected chi connectivity index (χ2v) is 5.41. The second kappa shape index (κ2) is 6.24. The van der Waals surface area contributed by atoms with Gasteiger partial charge in [-0.15, -0.1) is 14.9 Å². The summed E-state index contributed by atoms with van der Waals surface area (Å²) in [5, 5.41) is 18.7. The summed E-state index contributed by atoms with van der Waals surface area (Å²) in [6.45, 7) is 1.93. The summed E-state index contributed by atoms with van der Waals surface area (Å²) in [6, 6.07) is 5.44. The molecule has 0 aliphatic heterocycles. The number of nitrogens with zero attached hydrogens (tertiary/aromatic N) is 7. The molecule has 0 radical (unpaired) electrons. The minimum Gasteiger partial charge on any atom is -0.488 e. The van der Waals surface area contributed by atoms with Gasteiger partial charge in [0.25, 0.3) is 0 Å². The number of aromatic nitrogens is 7. The largest absolute Gasteiger partial charge is 0.488 e. The van der Waals surface area contributed by atoms with Gasteiger partial charge in [-0.05, 0) is 50.1 Å². The average Bonchev–Trinajstić information content (AvgIpc) is 2.87. The third-order valence-corrected chi connectivity index (χ3v) is 3.74. The van der Waals surface area contributed by atoms with E-state index in [1.807, 2.05) is 6.92 Å². The zero-order valence-electron chi connectivity index (χ0n) is 13.3. The van der Waals surface area contributed by atoms with E-state index in [0.717, 1.165) is 14.9 Å². The molecule has 0 fully saturated rings. The van der Waals surface area contributed by atoms with Crippen LogP contribution in [0.1, 0.15) is 12.5 Å². The van der Waals surface area contributed by atoms with Crippen molar-refractivity contribution in [3.8, 4) is 11.6 Å². The molecular formula is C13H12BrN7O2. The summed E-state index contributed by atoms with van der Waals surface area (Å²) in [6.07, 6.45) is 0. The average molecular weight is 380 g/mol. The number of benzene rings is 1. The molecule has 0 atom stereocenters. The van der Waals surface area contributed by atoms with Crippen LogP contribution in [0.3, 0.4) is 0 Å². The Morgan fingerprint density at radius 1 is 1.35 bits per heavy atom. The molecule has 1 aromatic carbocycles. The van der Waals surface area contributed by atoms with Crippen LogP contribution < -0.4 is 10.4 Å². The van der Waals surface area contributed by atoms with E-state index in [1.54, 1.807) is 18.2 Å². The van der Waals surface area contributed by atoms with Crippen molar-refractivity contribution in [1.29, 1.82) is 0 Å². The third kappa shape index (κ3) is 2.97. The molecule has 0 unspecified atom stereocenters. The minimum atomic E-state index is -0.460. The topological polar surface area (TPSA) is 101 Å². The van der Waals surface area contributed by atoms with E-state index in [2.05, 4.69) is 41.8 Å². The lowest BCUT2D eigenvalue weighted by molar-refractivity contribution is 0.300. The van der Waals surface area contributed by atoms with Crippen LogP contribution in [0.4, 0.5) is 0 Å².